The number of nitrogens with zero attached hydrogens (tertiary/aromatic N) is 1. The van der Waals surface area contributed by atoms with Gasteiger partial charge in [-0.3, -0.25) is 4.98 Å². The van der Waals surface area contributed by atoms with Gasteiger partial charge in [0.1, 0.15) is 5.60 Å². The maximum absolute atomic E-state index is 10.9. The minimum absolute atomic E-state index is 0.117. The van der Waals surface area contributed by atoms with E-state index in [4.69, 9.17) is 0 Å². The minimum atomic E-state index is -0.807. The lowest BCUT2D eigenvalue weighted by Gasteiger charge is -2.29. The topological polar surface area (TPSA) is 33.1 Å². The van der Waals surface area contributed by atoms with Crippen molar-refractivity contribution in [2.75, 3.05) is 0 Å². The molecule has 94 valence electrons. The van der Waals surface area contributed by atoms with E-state index in [1.807, 2.05) is 25.3 Å². The van der Waals surface area contributed by atoms with Crippen LogP contribution >= 0.6 is 11.3 Å². The molecule has 18 heavy (non-hydrogen) atoms. The van der Waals surface area contributed by atoms with Crippen molar-refractivity contribution < 1.29 is 5.11 Å². The van der Waals surface area contributed by atoms with Crippen molar-refractivity contribution >= 4 is 11.3 Å². The quantitative estimate of drug-likeness (QED) is 0.896. The number of fused-ring (bicyclic) bond motifs is 1. The second kappa shape index (κ2) is 4.18. The fourth-order valence-electron chi connectivity index (χ4n) is 2.84. The van der Waals surface area contributed by atoms with E-state index in [1.54, 1.807) is 11.3 Å². The minimum Gasteiger partial charge on any atom is -0.384 e. The molecule has 0 bridgehead atoms. The first-order valence-corrected chi connectivity index (χ1v) is 7.14. The van der Waals surface area contributed by atoms with Crippen LogP contribution in [0.4, 0.5) is 0 Å². The van der Waals surface area contributed by atoms with Gasteiger partial charge < -0.3 is 5.11 Å². The summed E-state index contributed by atoms with van der Waals surface area (Å²) in [4.78, 5) is 6.77. The van der Waals surface area contributed by atoms with Crippen LogP contribution in [0.25, 0.3) is 0 Å². The van der Waals surface area contributed by atoms with Gasteiger partial charge in [0, 0.05) is 27.6 Å². The fourth-order valence-corrected chi connectivity index (χ4v) is 3.81. The van der Waals surface area contributed by atoms with Crippen LogP contribution in [0.15, 0.2) is 30.5 Å². The zero-order valence-corrected chi connectivity index (χ0v) is 11.5. The summed E-state index contributed by atoms with van der Waals surface area (Å²) in [5.74, 6) is 0.117. The maximum Gasteiger partial charge on any atom is 0.104 e. The van der Waals surface area contributed by atoms with Crippen LogP contribution < -0.4 is 0 Å². The molecule has 2 unspecified atom stereocenters. The van der Waals surface area contributed by atoms with Crippen molar-refractivity contribution in [2.24, 2.45) is 0 Å². The Morgan fingerprint density at radius 2 is 2.22 bits per heavy atom. The smallest absolute Gasteiger partial charge is 0.104 e. The number of pyridine rings is 1. The van der Waals surface area contributed by atoms with E-state index in [-0.39, 0.29) is 5.92 Å². The molecule has 0 saturated heterocycles. The number of thiophene rings is 1. The Morgan fingerprint density at radius 3 is 2.94 bits per heavy atom. The van der Waals surface area contributed by atoms with Gasteiger partial charge in [-0.15, -0.1) is 11.3 Å². The molecule has 0 aliphatic heterocycles. The molecule has 0 saturated carbocycles. The first kappa shape index (κ1) is 11.9. The van der Waals surface area contributed by atoms with Gasteiger partial charge in [-0.1, -0.05) is 6.07 Å². The Labute approximate surface area is 111 Å². The first-order valence-electron chi connectivity index (χ1n) is 6.32. The van der Waals surface area contributed by atoms with Gasteiger partial charge >= 0.3 is 0 Å². The van der Waals surface area contributed by atoms with Crippen molar-refractivity contribution in [2.45, 2.75) is 38.2 Å². The first-order chi connectivity index (χ1) is 8.59. The summed E-state index contributed by atoms with van der Waals surface area (Å²) in [6.07, 6.45) is 3.83. The van der Waals surface area contributed by atoms with Crippen LogP contribution in [0.2, 0.25) is 0 Å². The number of aryl methyl sites for hydroxylation is 2. The summed E-state index contributed by atoms with van der Waals surface area (Å²) >= 11 is 1.68. The highest BCUT2D eigenvalue weighted by Crippen LogP contribution is 2.45. The van der Waals surface area contributed by atoms with Crippen molar-refractivity contribution in [1.29, 1.82) is 0 Å². The van der Waals surface area contributed by atoms with Gasteiger partial charge in [-0.25, -0.2) is 0 Å². The molecule has 2 nitrogen and oxygen atoms in total. The SMILES string of the molecule is Cc1ccc(C(C)(O)C2CCc3cccnc32)s1. The van der Waals surface area contributed by atoms with E-state index in [9.17, 15) is 5.11 Å². The van der Waals surface area contributed by atoms with E-state index in [0.717, 1.165) is 23.4 Å². The van der Waals surface area contributed by atoms with Crippen LogP contribution in [0.3, 0.4) is 0 Å². The molecule has 1 aliphatic rings. The molecule has 2 atom stereocenters. The normalized spacial score (nSPS) is 21.6. The van der Waals surface area contributed by atoms with Crippen molar-refractivity contribution in [3.8, 4) is 0 Å². The van der Waals surface area contributed by atoms with Crippen molar-refractivity contribution in [1.82, 2.24) is 4.98 Å². The van der Waals surface area contributed by atoms with Crippen LogP contribution in [0.5, 0.6) is 0 Å². The molecular formula is C15H17NOS. The monoisotopic (exact) mass is 259 g/mol. The molecule has 2 aromatic rings. The predicted octanol–water partition coefficient (Wildman–Crippen LogP) is 3.39. The van der Waals surface area contributed by atoms with Gasteiger partial charge in [-0.2, -0.15) is 0 Å². The predicted molar refractivity (Wildman–Crippen MR) is 73.9 cm³/mol. The largest absolute Gasteiger partial charge is 0.384 e. The zero-order chi connectivity index (χ0) is 12.8. The Kier molecular flexibility index (Phi) is 2.76. The summed E-state index contributed by atoms with van der Waals surface area (Å²) in [5, 5.41) is 10.9. The van der Waals surface area contributed by atoms with E-state index < -0.39 is 5.60 Å². The lowest BCUT2D eigenvalue weighted by atomic mass is 9.85. The van der Waals surface area contributed by atoms with Crippen molar-refractivity contribution in [3.05, 3.63) is 51.5 Å². The van der Waals surface area contributed by atoms with E-state index in [0.29, 0.717) is 0 Å². The number of rotatable bonds is 2. The van der Waals surface area contributed by atoms with Gasteiger partial charge in [-0.05, 0) is 50.5 Å². The zero-order valence-electron chi connectivity index (χ0n) is 10.7. The second-order valence-electron chi connectivity index (χ2n) is 5.20. The van der Waals surface area contributed by atoms with Gasteiger partial charge in [0.15, 0.2) is 0 Å². The van der Waals surface area contributed by atoms with Crippen LogP contribution in [0, 0.1) is 6.92 Å². The molecule has 3 heteroatoms. The highest BCUT2D eigenvalue weighted by Gasteiger charge is 2.40. The summed E-state index contributed by atoms with van der Waals surface area (Å²) in [6.45, 7) is 4.00. The Morgan fingerprint density at radius 1 is 1.39 bits per heavy atom. The average Bonchev–Trinajstić information content (AvgIpc) is 2.95. The number of hydrogen-bond donors (Lipinski definition) is 1. The molecule has 0 fully saturated rings. The van der Waals surface area contributed by atoms with Crippen molar-refractivity contribution in [3.63, 3.8) is 0 Å². The number of aromatic nitrogens is 1. The fraction of sp³-hybridized carbons (Fsp3) is 0.400. The highest BCUT2D eigenvalue weighted by molar-refractivity contribution is 7.12. The van der Waals surface area contributed by atoms with E-state index in [2.05, 4.69) is 24.0 Å². The molecule has 0 aromatic carbocycles. The summed E-state index contributed by atoms with van der Waals surface area (Å²) in [7, 11) is 0. The van der Waals surface area contributed by atoms with Gasteiger partial charge in [0.05, 0.1) is 0 Å². The molecule has 2 aromatic heterocycles. The molecule has 3 rings (SSSR count). The lowest BCUT2D eigenvalue weighted by Crippen LogP contribution is -2.28. The Bertz CT molecular complexity index is 573. The van der Waals surface area contributed by atoms with Gasteiger partial charge in [0.25, 0.3) is 0 Å². The van der Waals surface area contributed by atoms with Crippen LogP contribution in [-0.2, 0) is 12.0 Å². The maximum atomic E-state index is 10.9. The van der Waals surface area contributed by atoms with Crippen LogP contribution in [-0.4, -0.2) is 10.1 Å². The van der Waals surface area contributed by atoms with E-state index >= 15 is 0 Å². The van der Waals surface area contributed by atoms with Gasteiger partial charge in [0.2, 0.25) is 0 Å². The Hall–Kier alpha value is -1.19. The molecule has 1 N–H and O–H groups in total. The third-order valence-electron chi connectivity index (χ3n) is 3.88. The van der Waals surface area contributed by atoms with Crippen LogP contribution in [0.1, 0.15) is 40.3 Å². The standard InChI is InChI=1S/C15H17NOS/c1-10-5-8-13(18-10)15(2,17)12-7-6-11-4-3-9-16-14(11)12/h3-5,8-9,12,17H,6-7H2,1-2H3. The summed E-state index contributed by atoms with van der Waals surface area (Å²) < 4.78 is 0. The lowest BCUT2D eigenvalue weighted by molar-refractivity contribution is 0.0293. The molecule has 0 radical (unpaired) electrons. The summed E-state index contributed by atoms with van der Waals surface area (Å²) in [5.41, 5.74) is 1.56. The number of aliphatic hydroxyl groups is 1. The second-order valence-corrected chi connectivity index (χ2v) is 6.48. The molecule has 1 aliphatic carbocycles. The number of hydrogen-bond acceptors (Lipinski definition) is 3. The molecule has 0 amide bonds. The van der Waals surface area contributed by atoms with E-state index in [1.165, 1.54) is 10.4 Å². The third-order valence-corrected chi connectivity index (χ3v) is 5.10. The molecular weight excluding hydrogens is 242 g/mol. The summed E-state index contributed by atoms with van der Waals surface area (Å²) in [6, 6.07) is 8.22. The molecule has 0 spiro atoms. The third kappa shape index (κ3) is 1.78. The highest BCUT2D eigenvalue weighted by atomic mass is 32.1. The Balaban J connectivity index is 2.01. The average molecular weight is 259 g/mol. The molecule has 2 heterocycles.